The lowest BCUT2D eigenvalue weighted by Crippen LogP contribution is -2.50. The predicted octanol–water partition coefficient (Wildman–Crippen LogP) is 2.56. The summed E-state index contributed by atoms with van der Waals surface area (Å²) in [6.07, 6.45) is 9.56. The zero-order valence-corrected chi connectivity index (χ0v) is 17.3. The van der Waals surface area contributed by atoms with E-state index in [2.05, 4.69) is 20.4 Å². The predicted molar refractivity (Wildman–Crippen MR) is 111 cm³/mol. The van der Waals surface area contributed by atoms with E-state index >= 15 is 0 Å². The van der Waals surface area contributed by atoms with E-state index in [9.17, 15) is 4.79 Å². The van der Waals surface area contributed by atoms with Crippen molar-refractivity contribution in [1.82, 2.24) is 15.5 Å². The lowest BCUT2D eigenvalue weighted by Gasteiger charge is -2.43. The number of fused-ring (bicyclic) bond motifs is 2. The molecule has 2 heterocycles. The second kappa shape index (κ2) is 9.89. The number of amides is 1. The highest BCUT2D eigenvalue weighted by atomic mass is 35.5. The Morgan fingerprint density at radius 2 is 1.93 bits per heavy atom. The first-order valence-corrected chi connectivity index (χ1v) is 9.80. The molecule has 2 bridgehead atoms. The van der Waals surface area contributed by atoms with Gasteiger partial charge in [0.1, 0.15) is 0 Å². The molecule has 3 unspecified atom stereocenters. The summed E-state index contributed by atoms with van der Waals surface area (Å²) in [4.78, 5) is 15.0. The molecule has 3 N–H and O–H groups in total. The van der Waals surface area contributed by atoms with Gasteiger partial charge in [-0.1, -0.05) is 6.42 Å². The standard InChI is InChI=1S/C19H29N5O.2ClH/c20-18-13-4-1-5-14(18)11-15(10-13)19(25)21-12-16-6-3-9-24(16)17-7-2-8-22-23-17;;/h2,7-8,13-16,18H,1,3-6,9-12,20H2,(H,21,25);2*1H. The van der Waals surface area contributed by atoms with Crippen LogP contribution in [-0.4, -0.2) is 41.3 Å². The SMILES string of the molecule is Cl.Cl.NC1C2CCCC1CC(C(=O)NCC1CCCN1c1cccnn1)C2. The number of nitrogens with zero attached hydrogens (tertiary/aromatic N) is 3. The minimum absolute atomic E-state index is 0. The number of carbonyl (C=O) groups is 1. The molecule has 1 saturated heterocycles. The third-order valence-corrected chi connectivity index (χ3v) is 6.53. The van der Waals surface area contributed by atoms with Crippen molar-refractivity contribution in [3.8, 4) is 0 Å². The van der Waals surface area contributed by atoms with Crippen molar-refractivity contribution < 1.29 is 4.79 Å². The first-order valence-electron chi connectivity index (χ1n) is 9.80. The maximum absolute atomic E-state index is 12.7. The maximum Gasteiger partial charge on any atom is 0.223 e. The van der Waals surface area contributed by atoms with Gasteiger partial charge in [-0.2, -0.15) is 5.10 Å². The molecule has 3 atom stereocenters. The van der Waals surface area contributed by atoms with Gasteiger partial charge in [-0.25, -0.2) is 0 Å². The van der Waals surface area contributed by atoms with Crippen molar-refractivity contribution >= 4 is 36.5 Å². The van der Waals surface area contributed by atoms with Crippen LogP contribution < -0.4 is 16.0 Å². The third kappa shape index (κ3) is 4.84. The number of rotatable bonds is 4. The number of halogens is 2. The average Bonchev–Trinajstić information content (AvgIpc) is 3.09. The van der Waals surface area contributed by atoms with Crippen LogP contribution in [0.4, 0.5) is 5.82 Å². The largest absolute Gasteiger partial charge is 0.354 e. The molecule has 3 fully saturated rings. The van der Waals surface area contributed by atoms with Gasteiger partial charge >= 0.3 is 0 Å². The normalized spacial score (nSPS) is 32.2. The number of hydrogen-bond acceptors (Lipinski definition) is 5. The van der Waals surface area contributed by atoms with Gasteiger partial charge in [-0.3, -0.25) is 4.79 Å². The Morgan fingerprint density at radius 3 is 2.59 bits per heavy atom. The number of carbonyl (C=O) groups excluding carboxylic acids is 1. The fraction of sp³-hybridized carbons (Fsp3) is 0.737. The van der Waals surface area contributed by atoms with Gasteiger partial charge in [0.25, 0.3) is 0 Å². The summed E-state index contributed by atoms with van der Waals surface area (Å²) in [5.41, 5.74) is 6.35. The van der Waals surface area contributed by atoms with Gasteiger partial charge in [-0.15, -0.1) is 29.9 Å². The summed E-state index contributed by atoms with van der Waals surface area (Å²) in [7, 11) is 0. The number of anilines is 1. The van der Waals surface area contributed by atoms with E-state index in [1.807, 2.05) is 12.1 Å². The van der Waals surface area contributed by atoms with Gasteiger partial charge in [0.05, 0.1) is 0 Å². The van der Waals surface area contributed by atoms with Gasteiger partial charge in [-0.05, 0) is 62.5 Å². The second-order valence-corrected chi connectivity index (χ2v) is 8.01. The number of hydrogen-bond donors (Lipinski definition) is 2. The molecule has 3 aliphatic rings. The molecule has 8 heteroatoms. The van der Waals surface area contributed by atoms with Crippen LogP contribution in [-0.2, 0) is 4.79 Å². The lowest BCUT2D eigenvalue weighted by atomic mass is 9.65. The molecule has 1 aromatic heterocycles. The molecule has 1 aliphatic heterocycles. The summed E-state index contributed by atoms with van der Waals surface area (Å²) >= 11 is 0. The Hall–Kier alpha value is -1.11. The minimum atomic E-state index is 0. The fourth-order valence-electron chi connectivity index (χ4n) is 5.16. The Morgan fingerprint density at radius 1 is 1.19 bits per heavy atom. The molecule has 0 spiro atoms. The molecule has 152 valence electrons. The summed E-state index contributed by atoms with van der Waals surface area (Å²) in [6.45, 7) is 1.69. The van der Waals surface area contributed by atoms with E-state index in [4.69, 9.17) is 5.73 Å². The van der Waals surface area contributed by atoms with Crippen LogP contribution in [0.15, 0.2) is 18.3 Å². The first-order chi connectivity index (χ1) is 12.2. The molecule has 1 aromatic rings. The summed E-state index contributed by atoms with van der Waals surface area (Å²) in [6, 6.07) is 4.56. The Labute approximate surface area is 173 Å². The highest BCUT2D eigenvalue weighted by Gasteiger charge is 2.40. The summed E-state index contributed by atoms with van der Waals surface area (Å²) in [5.74, 6) is 2.39. The van der Waals surface area contributed by atoms with Gasteiger partial charge in [0.2, 0.25) is 5.91 Å². The Kier molecular flexibility index (Phi) is 8.13. The summed E-state index contributed by atoms with van der Waals surface area (Å²) in [5, 5.41) is 11.4. The van der Waals surface area contributed by atoms with E-state index in [1.165, 1.54) is 19.3 Å². The van der Waals surface area contributed by atoms with Crippen molar-refractivity contribution in [3.63, 3.8) is 0 Å². The average molecular weight is 416 g/mol. The van der Waals surface area contributed by atoms with E-state index in [0.29, 0.717) is 30.5 Å². The van der Waals surface area contributed by atoms with Crippen molar-refractivity contribution in [1.29, 1.82) is 0 Å². The van der Waals surface area contributed by atoms with E-state index < -0.39 is 0 Å². The highest BCUT2D eigenvalue weighted by molar-refractivity contribution is 5.85. The molecule has 27 heavy (non-hydrogen) atoms. The van der Waals surface area contributed by atoms with Crippen LogP contribution in [0, 0.1) is 17.8 Å². The molecule has 6 nitrogen and oxygen atoms in total. The van der Waals surface area contributed by atoms with Crippen LogP contribution in [0.5, 0.6) is 0 Å². The quantitative estimate of drug-likeness (QED) is 0.788. The fourth-order valence-corrected chi connectivity index (χ4v) is 5.16. The molecular weight excluding hydrogens is 385 g/mol. The Bertz CT molecular complexity index is 591. The summed E-state index contributed by atoms with van der Waals surface area (Å²) < 4.78 is 0. The molecule has 4 rings (SSSR count). The maximum atomic E-state index is 12.7. The number of nitrogens with two attached hydrogens (primary N) is 1. The third-order valence-electron chi connectivity index (χ3n) is 6.53. The van der Waals surface area contributed by atoms with Crippen molar-refractivity contribution in [2.45, 2.75) is 57.0 Å². The van der Waals surface area contributed by atoms with Crippen LogP contribution in [0.2, 0.25) is 0 Å². The van der Waals surface area contributed by atoms with Crippen LogP contribution in [0.3, 0.4) is 0 Å². The smallest absolute Gasteiger partial charge is 0.223 e. The number of aromatic nitrogens is 2. The first kappa shape index (κ1) is 22.2. The highest BCUT2D eigenvalue weighted by Crippen LogP contribution is 2.41. The van der Waals surface area contributed by atoms with E-state index in [1.54, 1.807) is 6.20 Å². The molecule has 1 amide bonds. The van der Waals surface area contributed by atoms with Gasteiger partial charge < -0.3 is 16.0 Å². The molecule has 0 radical (unpaired) electrons. The van der Waals surface area contributed by atoms with Gasteiger partial charge in [0.15, 0.2) is 5.82 Å². The Balaban J connectivity index is 0.00000131. The monoisotopic (exact) mass is 415 g/mol. The van der Waals surface area contributed by atoms with Crippen LogP contribution in [0.1, 0.15) is 44.9 Å². The second-order valence-electron chi connectivity index (χ2n) is 8.01. The van der Waals surface area contributed by atoms with E-state index in [-0.39, 0.29) is 36.6 Å². The minimum Gasteiger partial charge on any atom is -0.354 e. The van der Waals surface area contributed by atoms with Crippen molar-refractivity contribution in [2.24, 2.45) is 23.5 Å². The van der Waals surface area contributed by atoms with Crippen molar-refractivity contribution in [2.75, 3.05) is 18.0 Å². The van der Waals surface area contributed by atoms with E-state index in [0.717, 1.165) is 38.0 Å². The topological polar surface area (TPSA) is 84.1 Å². The zero-order valence-electron chi connectivity index (χ0n) is 15.6. The zero-order chi connectivity index (χ0) is 17.2. The van der Waals surface area contributed by atoms with Crippen LogP contribution in [0.25, 0.3) is 0 Å². The molecule has 2 saturated carbocycles. The molecule has 0 aromatic carbocycles. The molecular formula is C19H31Cl2N5O. The lowest BCUT2D eigenvalue weighted by molar-refractivity contribution is -0.127. The van der Waals surface area contributed by atoms with Crippen molar-refractivity contribution in [3.05, 3.63) is 18.3 Å². The number of nitrogens with one attached hydrogen (secondary N) is 1. The molecule has 2 aliphatic carbocycles. The van der Waals surface area contributed by atoms with Crippen LogP contribution >= 0.6 is 24.8 Å². The van der Waals surface area contributed by atoms with Gasteiger partial charge in [0, 0.05) is 37.3 Å².